The highest BCUT2D eigenvalue weighted by Gasteiger charge is 2.35. The predicted octanol–water partition coefficient (Wildman–Crippen LogP) is 6.87. The summed E-state index contributed by atoms with van der Waals surface area (Å²) in [5.74, 6) is -0.402. The molecule has 1 heterocycles. The minimum absolute atomic E-state index is 0.00823. The van der Waals surface area contributed by atoms with Gasteiger partial charge in [-0.15, -0.1) is 0 Å². The van der Waals surface area contributed by atoms with Crippen molar-refractivity contribution >= 4 is 23.5 Å². The third kappa shape index (κ3) is 17.7. The highest BCUT2D eigenvalue weighted by atomic mass is 16.2. The van der Waals surface area contributed by atoms with Crippen molar-refractivity contribution in [3.8, 4) is 0 Å². The molecule has 2 rings (SSSR count). The van der Waals surface area contributed by atoms with Crippen LogP contribution in [0.4, 0.5) is 0 Å². The number of rotatable bonds is 8. The topological polar surface area (TPSA) is 95.6 Å². The van der Waals surface area contributed by atoms with Gasteiger partial charge in [-0.3, -0.25) is 19.2 Å². The Balaban J connectivity index is 0.000000408. The van der Waals surface area contributed by atoms with Crippen molar-refractivity contribution in [2.45, 2.75) is 161 Å². The van der Waals surface area contributed by atoms with Crippen LogP contribution in [-0.4, -0.2) is 54.6 Å². The van der Waals surface area contributed by atoms with Gasteiger partial charge < -0.3 is 15.5 Å². The van der Waals surface area contributed by atoms with Crippen molar-refractivity contribution in [2.75, 3.05) is 20.1 Å². The summed E-state index contributed by atoms with van der Waals surface area (Å²) in [6.07, 6.45) is 28.2. The van der Waals surface area contributed by atoms with Crippen molar-refractivity contribution in [3.63, 3.8) is 0 Å². The molecule has 1 saturated heterocycles. The SMILES string of the molecule is C1CCCCCCCCCCCCCCCCC1.CC[C@H](C(C)=O)N1CC(CNC(=O)CCC(=O)NC)CC1=O. The van der Waals surface area contributed by atoms with Crippen molar-refractivity contribution < 1.29 is 19.2 Å². The van der Waals surface area contributed by atoms with E-state index in [0.717, 1.165) is 0 Å². The van der Waals surface area contributed by atoms with E-state index in [-0.39, 0.29) is 48.3 Å². The summed E-state index contributed by atoms with van der Waals surface area (Å²) in [6, 6.07) is -0.360. The lowest BCUT2D eigenvalue weighted by atomic mass is 10.0. The summed E-state index contributed by atoms with van der Waals surface area (Å²) in [4.78, 5) is 47.9. The fraction of sp³-hybridized carbons (Fsp3) is 0.879. The summed E-state index contributed by atoms with van der Waals surface area (Å²) in [6.45, 7) is 4.26. The summed E-state index contributed by atoms with van der Waals surface area (Å²) >= 11 is 0. The number of ketones is 1. The number of nitrogens with one attached hydrogen (secondary N) is 2. The van der Waals surface area contributed by atoms with Crippen LogP contribution in [0.25, 0.3) is 0 Å². The molecule has 1 aliphatic carbocycles. The minimum Gasteiger partial charge on any atom is -0.359 e. The molecule has 0 bridgehead atoms. The van der Waals surface area contributed by atoms with Crippen LogP contribution in [0.5, 0.6) is 0 Å². The van der Waals surface area contributed by atoms with Crippen LogP contribution in [0.1, 0.15) is 155 Å². The molecule has 2 N–H and O–H groups in total. The largest absolute Gasteiger partial charge is 0.359 e. The van der Waals surface area contributed by atoms with E-state index in [0.29, 0.717) is 25.9 Å². The normalized spacial score (nSPS) is 21.2. The molecule has 0 aromatic carbocycles. The molecule has 0 aromatic rings. The van der Waals surface area contributed by atoms with Gasteiger partial charge in [0.1, 0.15) is 0 Å². The number of hydrogen-bond donors (Lipinski definition) is 2. The molecule has 7 nitrogen and oxygen atoms in total. The molecule has 232 valence electrons. The second-order valence-corrected chi connectivity index (χ2v) is 12.0. The van der Waals surface area contributed by atoms with Gasteiger partial charge in [0.2, 0.25) is 17.7 Å². The predicted molar refractivity (Wildman–Crippen MR) is 164 cm³/mol. The molecule has 1 saturated carbocycles. The first kappa shape index (κ1) is 36.1. The maximum Gasteiger partial charge on any atom is 0.223 e. The standard InChI is InChI=1S/C18H36.C15H25N3O4/c1-2-4-6-8-10-12-14-16-18-17-15-13-11-9-7-5-3-1;1-4-12(10(2)19)18-9-11(7-15(18)22)8-17-14(21)6-5-13(20)16-3/h1-18H2;11-12H,4-9H2,1-3H3,(H,16,20)(H,17,21)/t;11?,12-/m.1/s1. The molecule has 2 fully saturated rings. The van der Waals surface area contributed by atoms with Crippen molar-refractivity contribution in [2.24, 2.45) is 5.92 Å². The lowest BCUT2D eigenvalue weighted by Gasteiger charge is -2.25. The van der Waals surface area contributed by atoms with Crippen LogP contribution < -0.4 is 10.6 Å². The number of Topliss-reactive ketones (excluding diaryl/α,β-unsaturated/α-hetero) is 1. The van der Waals surface area contributed by atoms with Crippen LogP contribution >= 0.6 is 0 Å². The Hall–Kier alpha value is -1.92. The molecule has 40 heavy (non-hydrogen) atoms. The van der Waals surface area contributed by atoms with Gasteiger partial charge in [0.15, 0.2) is 5.78 Å². The van der Waals surface area contributed by atoms with Gasteiger partial charge in [-0.25, -0.2) is 0 Å². The molecule has 2 aliphatic rings. The second-order valence-electron chi connectivity index (χ2n) is 12.0. The van der Waals surface area contributed by atoms with Crippen LogP contribution in [0, 0.1) is 5.92 Å². The van der Waals surface area contributed by atoms with Gasteiger partial charge in [-0.1, -0.05) is 122 Å². The average molecular weight is 564 g/mol. The fourth-order valence-corrected chi connectivity index (χ4v) is 5.85. The van der Waals surface area contributed by atoms with Crippen LogP contribution in [0.15, 0.2) is 0 Å². The van der Waals surface area contributed by atoms with E-state index in [1.165, 1.54) is 130 Å². The van der Waals surface area contributed by atoms with Gasteiger partial charge in [0.05, 0.1) is 6.04 Å². The van der Waals surface area contributed by atoms with Crippen molar-refractivity contribution in [1.82, 2.24) is 15.5 Å². The van der Waals surface area contributed by atoms with Gasteiger partial charge in [-0.05, 0) is 13.3 Å². The van der Waals surface area contributed by atoms with E-state index in [4.69, 9.17) is 0 Å². The number of nitrogens with zero attached hydrogens (tertiary/aromatic N) is 1. The van der Waals surface area contributed by atoms with Gasteiger partial charge in [0, 0.05) is 45.3 Å². The highest BCUT2D eigenvalue weighted by molar-refractivity contribution is 5.88. The molecule has 0 spiro atoms. The molecule has 3 amide bonds. The molecule has 1 unspecified atom stereocenters. The summed E-state index contributed by atoms with van der Waals surface area (Å²) in [5, 5.41) is 5.20. The summed E-state index contributed by atoms with van der Waals surface area (Å²) in [7, 11) is 1.53. The quantitative estimate of drug-likeness (QED) is 0.337. The highest BCUT2D eigenvalue weighted by Crippen LogP contribution is 2.22. The minimum atomic E-state index is -0.360. The van der Waals surface area contributed by atoms with Crippen LogP contribution in [0.2, 0.25) is 0 Å². The first-order valence-electron chi connectivity index (χ1n) is 16.7. The zero-order chi connectivity index (χ0) is 29.4. The average Bonchev–Trinajstić information content (AvgIpc) is 3.30. The lowest BCUT2D eigenvalue weighted by molar-refractivity contribution is -0.135. The maximum atomic E-state index is 12.0. The van der Waals surface area contributed by atoms with Crippen LogP contribution in [0.3, 0.4) is 0 Å². The van der Waals surface area contributed by atoms with Crippen molar-refractivity contribution in [3.05, 3.63) is 0 Å². The Labute approximate surface area is 245 Å². The van der Waals surface area contributed by atoms with E-state index in [2.05, 4.69) is 10.6 Å². The first-order valence-corrected chi connectivity index (χ1v) is 16.7. The lowest BCUT2D eigenvalue weighted by Crippen LogP contribution is -2.41. The smallest absolute Gasteiger partial charge is 0.223 e. The molecule has 7 heteroatoms. The molecule has 1 aliphatic heterocycles. The maximum absolute atomic E-state index is 12.0. The second kappa shape index (κ2) is 23.8. The number of hydrogen-bond acceptors (Lipinski definition) is 4. The molecular formula is C33H61N3O4. The Bertz CT molecular complexity index is 637. The van der Waals surface area contributed by atoms with E-state index < -0.39 is 0 Å². The third-order valence-electron chi connectivity index (χ3n) is 8.42. The number of amides is 3. The first-order chi connectivity index (χ1) is 19.4. The van der Waals surface area contributed by atoms with Gasteiger partial charge >= 0.3 is 0 Å². The fourth-order valence-electron chi connectivity index (χ4n) is 5.85. The zero-order valence-electron chi connectivity index (χ0n) is 26.2. The molecule has 0 radical (unpaired) electrons. The Kier molecular flexibility index (Phi) is 21.4. The number of carbonyl (C=O) groups excluding carboxylic acids is 4. The van der Waals surface area contributed by atoms with Crippen LogP contribution in [-0.2, 0) is 19.2 Å². The summed E-state index contributed by atoms with van der Waals surface area (Å²) in [5.41, 5.74) is 0. The Morgan fingerprint density at radius 2 is 1.10 bits per heavy atom. The molecule has 2 atom stereocenters. The number of carbonyl (C=O) groups is 4. The molecular weight excluding hydrogens is 502 g/mol. The van der Waals surface area contributed by atoms with E-state index in [1.54, 1.807) is 4.90 Å². The number of likely N-dealkylation sites (tertiary alicyclic amines) is 1. The molecule has 0 aromatic heterocycles. The van der Waals surface area contributed by atoms with E-state index in [1.807, 2.05) is 6.92 Å². The van der Waals surface area contributed by atoms with E-state index >= 15 is 0 Å². The van der Waals surface area contributed by atoms with Crippen molar-refractivity contribution in [1.29, 1.82) is 0 Å². The zero-order valence-corrected chi connectivity index (χ0v) is 26.2. The monoisotopic (exact) mass is 563 g/mol. The Morgan fingerprint density at radius 3 is 1.43 bits per heavy atom. The van der Waals surface area contributed by atoms with Gasteiger partial charge in [0.25, 0.3) is 0 Å². The van der Waals surface area contributed by atoms with E-state index in [9.17, 15) is 19.2 Å². The third-order valence-corrected chi connectivity index (χ3v) is 8.42. The van der Waals surface area contributed by atoms with Gasteiger partial charge in [-0.2, -0.15) is 0 Å². The summed E-state index contributed by atoms with van der Waals surface area (Å²) < 4.78 is 0. The Morgan fingerprint density at radius 1 is 0.725 bits per heavy atom.